The molecule has 1 unspecified atom stereocenters. The van der Waals surface area contributed by atoms with Crippen molar-refractivity contribution in [3.63, 3.8) is 0 Å². The number of carbonyl (C=O) groups excluding carboxylic acids is 4. The SMILES string of the molecule is CCOC(=O)C(CCc1ccc(CCC(C(C)=O)C(=O)O)cc1)(C(=O)OCC)C(=O)OCC. The van der Waals surface area contributed by atoms with E-state index in [9.17, 15) is 24.0 Å². The van der Waals surface area contributed by atoms with Gasteiger partial charge in [0.15, 0.2) is 0 Å². The fourth-order valence-electron chi connectivity index (χ4n) is 3.34. The van der Waals surface area contributed by atoms with Crippen molar-refractivity contribution >= 4 is 29.7 Å². The summed E-state index contributed by atoms with van der Waals surface area (Å²) in [7, 11) is 0. The van der Waals surface area contributed by atoms with Crippen LogP contribution in [0.5, 0.6) is 0 Å². The molecule has 182 valence electrons. The van der Waals surface area contributed by atoms with Crippen LogP contribution < -0.4 is 0 Å². The number of aryl methyl sites for hydroxylation is 2. The van der Waals surface area contributed by atoms with Crippen LogP contribution in [0.15, 0.2) is 24.3 Å². The summed E-state index contributed by atoms with van der Waals surface area (Å²) in [5, 5.41) is 9.13. The van der Waals surface area contributed by atoms with Crippen LogP contribution >= 0.6 is 0 Å². The highest BCUT2D eigenvalue weighted by molar-refractivity contribution is 6.18. The number of hydrogen-bond donors (Lipinski definition) is 1. The van der Waals surface area contributed by atoms with E-state index in [0.717, 1.165) is 11.1 Å². The molecule has 1 aromatic carbocycles. The van der Waals surface area contributed by atoms with Gasteiger partial charge in [0.05, 0.1) is 19.8 Å². The van der Waals surface area contributed by atoms with Gasteiger partial charge in [-0.3, -0.25) is 24.0 Å². The number of esters is 3. The molecule has 0 amide bonds. The van der Waals surface area contributed by atoms with E-state index in [2.05, 4.69) is 0 Å². The molecule has 1 atom stereocenters. The molecule has 1 rings (SSSR count). The lowest BCUT2D eigenvalue weighted by Gasteiger charge is -2.27. The average molecular weight is 465 g/mol. The Balaban J connectivity index is 3.05. The molecule has 0 aromatic heterocycles. The smallest absolute Gasteiger partial charge is 0.335 e. The molecule has 0 spiro atoms. The Labute approximate surface area is 193 Å². The molecule has 0 aliphatic heterocycles. The molecule has 1 N–H and O–H groups in total. The largest absolute Gasteiger partial charge is 0.481 e. The molecule has 0 aliphatic carbocycles. The minimum Gasteiger partial charge on any atom is -0.481 e. The number of carbonyl (C=O) groups is 5. The molecule has 9 heteroatoms. The van der Waals surface area contributed by atoms with E-state index >= 15 is 0 Å². The van der Waals surface area contributed by atoms with Crippen molar-refractivity contribution in [3.05, 3.63) is 35.4 Å². The first kappa shape index (κ1) is 27.8. The maximum atomic E-state index is 12.7. The van der Waals surface area contributed by atoms with Gasteiger partial charge in [-0.2, -0.15) is 0 Å². The second kappa shape index (κ2) is 13.3. The van der Waals surface area contributed by atoms with E-state index in [1.165, 1.54) is 6.92 Å². The summed E-state index contributed by atoms with van der Waals surface area (Å²) in [4.78, 5) is 60.8. The van der Waals surface area contributed by atoms with Crippen LogP contribution in [-0.4, -0.2) is 54.6 Å². The summed E-state index contributed by atoms with van der Waals surface area (Å²) in [5.41, 5.74) is -0.655. The standard InChI is InChI=1S/C24H32O9/c1-5-31-21(28)24(22(29)32-6-2,23(30)33-7-3)15-14-18-10-8-17(9-11-18)12-13-19(16(4)25)20(26)27/h8-11,19H,5-7,12-15H2,1-4H3,(H,26,27). The van der Waals surface area contributed by atoms with Gasteiger partial charge in [-0.05, 0) is 64.5 Å². The third kappa shape index (κ3) is 7.40. The summed E-state index contributed by atoms with van der Waals surface area (Å²) < 4.78 is 15.1. The third-order valence-corrected chi connectivity index (χ3v) is 5.19. The lowest BCUT2D eigenvalue weighted by molar-refractivity contribution is -0.184. The van der Waals surface area contributed by atoms with Crippen molar-refractivity contribution in [3.8, 4) is 0 Å². The highest BCUT2D eigenvalue weighted by Gasteiger charge is 2.56. The van der Waals surface area contributed by atoms with Crippen LogP contribution in [0.3, 0.4) is 0 Å². The summed E-state index contributed by atoms with van der Waals surface area (Å²) in [5.74, 6) is -5.63. The second-order valence-electron chi connectivity index (χ2n) is 7.42. The predicted octanol–water partition coefficient (Wildman–Crippen LogP) is 2.52. The molecule has 0 radical (unpaired) electrons. The summed E-state index contributed by atoms with van der Waals surface area (Å²) >= 11 is 0. The second-order valence-corrected chi connectivity index (χ2v) is 7.42. The highest BCUT2D eigenvalue weighted by atomic mass is 16.6. The van der Waals surface area contributed by atoms with Gasteiger partial charge >= 0.3 is 23.9 Å². The summed E-state index contributed by atoms with van der Waals surface area (Å²) in [6, 6.07) is 7.06. The van der Waals surface area contributed by atoms with Gasteiger partial charge < -0.3 is 19.3 Å². The van der Waals surface area contributed by atoms with Crippen molar-refractivity contribution in [2.45, 2.75) is 53.4 Å². The maximum absolute atomic E-state index is 12.7. The molecule has 0 saturated carbocycles. The average Bonchev–Trinajstić information content (AvgIpc) is 2.75. The lowest BCUT2D eigenvalue weighted by atomic mass is 9.81. The molecular formula is C24H32O9. The number of carboxylic acid groups (broad SMARTS) is 1. The first-order valence-corrected chi connectivity index (χ1v) is 11.0. The highest BCUT2D eigenvalue weighted by Crippen LogP contribution is 2.31. The van der Waals surface area contributed by atoms with Crippen LogP contribution in [0.1, 0.15) is 51.7 Å². The van der Waals surface area contributed by atoms with Gasteiger partial charge in [0.25, 0.3) is 5.41 Å². The van der Waals surface area contributed by atoms with Crippen LogP contribution in [-0.2, 0) is 51.0 Å². The summed E-state index contributed by atoms with van der Waals surface area (Å²) in [6.45, 7) is 5.89. The van der Waals surface area contributed by atoms with E-state index in [0.29, 0.717) is 6.42 Å². The molecule has 0 fully saturated rings. The van der Waals surface area contributed by atoms with Gasteiger partial charge in [-0.1, -0.05) is 24.3 Å². The van der Waals surface area contributed by atoms with Crippen molar-refractivity contribution in [2.24, 2.45) is 11.3 Å². The molecule has 1 aromatic rings. The van der Waals surface area contributed by atoms with Crippen LogP contribution in [0.4, 0.5) is 0 Å². The Hall–Kier alpha value is -3.23. The van der Waals surface area contributed by atoms with Gasteiger partial charge in [0.2, 0.25) is 0 Å². The molecule has 0 saturated heterocycles. The first-order chi connectivity index (χ1) is 15.6. The molecule has 0 bridgehead atoms. The third-order valence-electron chi connectivity index (χ3n) is 5.19. The van der Waals surface area contributed by atoms with E-state index in [-0.39, 0.29) is 39.1 Å². The van der Waals surface area contributed by atoms with Gasteiger partial charge in [0, 0.05) is 0 Å². The Morgan fingerprint density at radius 1 is 0.788 bits per heavy atom. The maximum Gasteiger partial charge on any atom is 0.335 e. The van der Waals surface area contributed by atoms with Crippen molar-refractivity contribution < 1.29 is 43.3 Å². The normalized spacial score (nSPS) is 11.9. The number of aliphatic carboxylic acids is 1. The molecule has 9 nitrogen and oxygen atoms in total. The van der Waals surface area contributed by atoms with E-state index < -0.39 is 41.0 Å². The lowest BCUT2D eigenvalue weighted by Crippen LogP contribution is -2.49. The van der Waals surface area contributed by atoms with Crippen LogP contribution in [0.25, 0.3) is 0 Å². The number of Topliss-reactive ketones (excluding diaryl/α,β-unsaturated/α-hetero) is 1. The van der Waals surface area contributed by atoms with Crippen LogP contribution in [0, 0.1) is 11.3 Å². The van der Waals surface area contributed by atoms with Crippen LogP contribution in [0.2, 0.25) is 0 Å². The van der Waals surface area contributed by atoms with Crippen molar-refractivity contribution in [1.29, 1.82) is 0 Å². The zero-order valence-electron chi connectivity index (χ0n) is 19.5. The number of carboxylic acids is 1. The van der Waals surface area contributed by atoms with Gasteiger partial charge in [0.1, 0.15) is 11.7 Å². The van der Waals surface area contributed by atoms with Gasteiger partial charge in [-0.15, -0.1) is 0 Å². The van der Waals surface area contributed by atoms with E-state index in [4.69, 9.17) is 19.3 Å². The monoisotopic (exact) mass is 464 g/mol. The Kier molecular flexibility index (Phi) is 11.2. The Morgan fingerprint density at radius 2 is 1.18 bits per heavy atom. The number of hydrogen-bond acceptors (Lipinski definition) is 8. The molecule has 0 heterocycles. The summed E-state index contributed by atoms with van der Waals surface area (Å²) in [6.07, 6.45) is 0.563. The van der Waals surface area contributed by atoms with Crippen molar-refractivity contribution in [1.82, 2.24) is 0 Å². The fraction of sp³-hybridized carbons (Fsp3) is 0.542. The number of benzene rings is 1. The zero-order chi connectivity index (χ0) is 25.0. The van der Waals surface area contributed by atoms with Crippen molar-refractivity contribution in [2.75, 3.05) is 19.8 Å². The fourth-order valence-corrected chi connectivity index (χ4v) is 3.34. The minimum absolute atomic E-state index is 0.0221. The quantitative estimate of drug-likeness (QED) is 0.250. The minimum atomic E-state index is -2.23. The Bertz CT molecular complexity index is 782. The molecular weight excluding hydrogens is 432 g/mol. The predicted molar refractivity (Wildman–Crippen MR) is 117 cm³/mol. The topological polar surface area (TPSA) is 133 Å². The van der Waals surface area contributed by atoms with E-state index in [1.54, 1.807) is 45.0 Å². The number of ether oxygens (including phenoxy) is 3. The first-order valence-electron chi connectivity index (χ1n) is 11.0. The molecule has 0 aliphatic rings. The van der Waals surface area contributed by atoms with E-state index in [1.807, 2.05) is 0 Å². The number of rotatable bonds is 14. The molecule has 33 heavy (non-hydrogen) atoms. The Morgan fingerprint density at radius 3 is 1.52 bits per heavy atom. The zero-order valence-corrected chi connectivity index (χ0v) is 19.5. The number of ketones is 1. The van der Waals surface area contributed by atoms with Gasteiger partial charge in [-0.25, -0.2) is 0 Å².